The zero-order chi connectivity index (χ0) is 14.8. The zero-order valence-corrected chi connectivity index (χ0v) is 13.7. The molecule has 0 radical (unpaired) electrons. The summed E-state index contributed by atoms with van der Waals surface area (Å²) >= 11 is 0. The molecule has 0 aromatic heterocycles. The lowest BCUT2D eigenvalue weighted by Gasteiger charge is -2.33. The fourth-order valence-corrected chi connectivity index (χ4v) is 3.41. The van der Waals surface area contributed by atoms with Crippen LogP contribution in [0.15, 0.2) is 0 Å². The molecule has 0 saturated heterocycles. The molecule has 1 unspecified atom stereocenters. The SMILES string of the molecule is CCNC(C)(C#N)CCCCN(CC)C1CCCCC1. The normalized spacial score (nSPS) is 19.8. The van der Waals surface area contributed by atoms with E-state index in [1.165, 1.54) is 51.6 Å². The second-order valence-electron chi connectivity index (χ2n) is 6.35. The largest absolute Gasteiger partial charge is 0.301 e. The number of hydrogen-bond donors (Lipinski definition) is 1. The van der Waals surface area contributed by atoms with E-state index in [1.807, 2.05) is 6.92 Å². The van der Waals surface area contributed by atoms with Crippen molar-refractivity contribution in [1.82, 2.24) is 10.2 Å². The van der Waals surface area contributed by atoms with E-state index in [4.69, 9.17) is 0 Å². The topological polar surface area (TPSA) is 39.1 Å². The molecule has 0 spiro atoms. The summed E-state index contributed by atoms with van der Waals surface area (Å²) in [5, 5.41) is 12.6. The summed E-state index contributed by atoms with van der Waals surface area (Å²) in [7, 11) is 0. The van der Waals surface area contributed by atoms with Crippen molar-refractivity contribution < 1.29 is 0 Å². The molecule has 1 aliphatic rings. The number of nitrogens with zero attached hydrogens (tertiary/aromatic N) is 2. The highest BCUT2D eigenvalue weighted by Gasteiger charge is 2.22. The summed E-state index contributed by atoms with van der Waals surface area (Å²) < 4.78 is 0. The Kier molecular flexibility index (Phi) is 8.18. The highest BCUT2D eigenvalue weighted by molar-refractivity contribution is 5.03. The van der Waals surface area contributed by atoms with Crippen molar-refractivity contribution in [1.29, 1.82) is 5.26 Å². The molecule has 1 N–H and O–H groups in total. The van der Waals surface area contributed by atoms with Crippen molar-refractivity contribution in [3.05, 3.63) is 0 Å². The number of unbranched alkanes of at least 4 members (excludes halogenated alkanes) is 1. The minimum absolute atomic E-state index is 0.337. The maximum atomic E-state index is 9.25. The minimum atomic E-state index is -0.337. The molecule has 3 nitrogen and oxygen atoms in total. The van der Waals surface area contributed by atoms with Crippen molar-refractivity contribution in [3.8, 4) is 6.07 Å². The predicted octanol–water partition coefficient (Wildman–Crippen LogP) is 3.70. The lowest BCUT2D eigenvalue weighted by Crippen LogP contribution is -2.41. The Hall–Kier alpha value is -0.590. The van der Waals surface area contributed by atoms with Crippen LogP contribution in [0.5, 0.6) is 0 Å². The molecule has 0 heterocycles. The molecular weight excluding hydrogens is 246 g/mol. The summed E-state index contributed by atoms with van der Waals surface area (Å²) in [6.07, 6.45) is 10.3. The second kappa shape index (κ2) is 9.37. The molecule has 3 heteroatoms. The van der Waals surface area contributed by atoms with Gasteiger partial charge >= 0.3 is 0 Å². The van der Waals surface area contributed by atoms with E-state index in [0.29, 0.717) is 0 Å². The van der Waals surface area contributed by atoms with Crippen LogP contribution in [-0.2, 0) is 0 Å². The highest BCUT2D eigenvalue weighted by atomic mass is 15.1. The van der Waals surface area contributed by atoms with Gasteiger partial charge < -0.3 is 4.90 Å². The first-order chi connectivity index (χ1) is 9.65. The molecule has 1 atom stereocenters. The van der Waals surface area contributed by atoms with Crippen LogP contribution in [0.3, 0.4) is 0 Å². The summed E-state index contributed by atoms with van der Waals surface area (Å²) in [6, 6.07) is 3.24. The van der Waals surface area contributed by atoms with Gasteiger partial charge in [0.15, 0.2) is 0 Å². The van der Waals surface area contributed by atoms with Gasteiger partial charge in [0.2, 0.25) is 0 Å². The molecule has 20 heavy (non-hydrogen) atoms. The fraction of sp³-hybridized carbons (Fsp3) is 0.941. The third-order valence-corrected chi connectivity index (χ3v) is 4.68. The van der Waals surface area contributed by atoms with E-state index >= 15 is 0 Å². The molecule has 1 fully saturated rings. The Morgan fingerprint density at radius 3 is 2.45 bits per heavy atom. The quantitative estimate of drug-likeness (QED) is 0.654. The first kappa shape index (κ1) is 17.5. The average molecular weight is 279 g/mol. The molecule has 0 aliphatic heterocycles. The maximum absolute atomic E-state index is 9.25. The van der Waals surface area contributed by atoms with E-state index in [-0.39, 0.29) is 5.54 Å². The van der Waals surface area contributed by atoms with Crippen molar-refractivity contribution in [2.24, 2.45) is 0 Å². The van der Waals surface area contributed by atoms with E-state index < -0.39 is 0 Å². The molecule has 0 amide bonds. The number of nitriles is 1. The molecule has 116 valence electrons. The molecule has 0 aromatic carbocycles. The standard InChI is InChI=1S/C17H33N3/c1-4-19-17(3,15-18)13-9-10-14-20(5-2)16-11-7-6-8-12-16/h16,19H,4-14H2,1-3H3. The first-order valence-corrected chi connectivity index (χ1v) is 8.55. The monoisotopic (exact) mass is 279 g/mol. The van der Waals surface area contributed by atoms with Gasteiger partial charge in [-0.05, 0) is 58.7 Å². The third kappa shape index (κ3) is 5.81. The Morgan fingerprint density at radius 1 is 1.20 bits per heavy atom. The van der Waals surface area contributed by atoms with Gasteiger partial charge in [0.25, 0.3) is 0 Å². The van der Waals surface area contributed by atoms with Crippen LogP contribution in [-0.4, -0.2) is 36.1 Å². The molecule has 1 aliphatic carbocycles. The van der Waals surface area contributed by atoms with Gasteiger partial charge in [-0.15, -0.1) is 0 Å². The van der Waals surface area contributed by atoms with Crippen LogP contribution in [0, 0.1) is 11.3 Å². The van der Waals surface area contributed by atoms with Gasteiger partial charge in [0.05, 0.1) is 6.07 Å². The van der Waals surface area contributed by atoms with Crippen molar-refractivity contribution in [2.45, 2.75) is 83.7 Å². The summed E-state index contributed by atoms with van der Waals surface area (Å²) in [6.45, 7) is 9.62. The van der Waals surface area contributed by atoms with Crippen LogP contribution >= 0.6 is 0 Å². The van der Waals surface area contributed by atoms with Crippen LogP contribution in [0.1, 0.15) is 72.1 Å². The predicted molar refractivity (Wildman–Crippen MR) is 85.7 cm³/mol. The average Bonchev–Trinajstić information content (AvgIpc) is 2.48. The van der Waals surface area contributed by atoms with Gasteiger partial charge in [-0.3, -0.25) is 5.32 Å². The van der Waals surface area contributed by atoms with Crippen LogP contribution < -0.4 is 5.32 Å². The molecule has 1 saturated carbocycles. The third-order valence-electron chi connectivity index (χ3n) is 4.68. The summed E-state index contributed by atoms with van der Waals surface area (Å²) in [5.41, 5.74) is -0.337. The van der Waals surface area contributed by atoms with Gasteiger partial charge in [0, 0.05) is 6.04 Å². The Balaban J connectivity index is 2.26. The fourth-order valence-electron chi connectivity index (χ4n) is 3.41. The Labute approximate surface area is 125 Å². The van der Waals surface area contributed by atoms with Crippen LogP contribution in [0.4, 0.5) is 0 Å². The Bertz CT molecular complexity index is 291. The molecular formula is C17H33N3. The van der Waals surface area contributed by atoms with Crippen LogP contribution in [0.25, 0.3) is 0 Å². The van der Waals surface area contributed by atoms with E-state index in [1.54, 1.807) is 0 Å². The number of nitrogens with one attached hydrogen (secondary N) is 1. The lowest BCUT2D eigenvalue weighted by atomic mass is 9.93. The highest BCUT2D eigenvalue weighted by Crippen LogP contribution is 2.23. The van der Waals surface area contributed by atoms with Crippen molar-refractivity contribution in [2.75, 3.05) is 19.6 Å². The minimum Gasteiger partial charge on any atom is -0.301 e. The molecule has 0 bridgehead atoms. The molecule has 1 rings (SSSR count). The second-order valence-corrected chi connectivity index (χ2v) is 6.35. The van der Waals surface area contributed by atoms with Gasteiger partial charge in [-0.25, -0.2) is 0 Å². The van der Waals surface area contributed by atoms with E-state index in [2.05, 4.69) is 30.1 Å². The van der Waals surface area contributed by atoms with Gasteiger partial charge in [0.1, 0.15) is 5.54 Å². The summed E-state index contributed by atoms with van der Waals surface area (Å²) in [4.78, 5) is 2.66. The van der Waals surface area contributed by atoms with Gasteiger partial charge in [-0.1, -0.05) is 33.1 Å². The van der Waals surface area contributed by atoms with Crippen molar-refractivity contribution >= 4 is 0 Å². The molecule has 0 aromatic rings. The van der Waals surface area contributed by atoms with Gasteiger partial charge in [-0.2, -0.15) is 5.26 Å². The summed E-state index contributed by atoms with van der Waals surface area (Å²) in [5.74, 6) is 0. The maximum Gasteiger partial charge on any atom is 0.103 e. The Morgan fingerprint density at radius 2 is 1.90 bits per heavy atom. The smallest absolute Gasteiger partial charge is 0.103 e. The lowest BCUT2D eigenvalue weighted by molar-refractivity contribution is 0.159. The number of rotatable bonds is 9. The first-order valence-electron chi connectivity index (χ1n) is 8.55. The number of hydrogen-bond acceptors (Lipinski definition) is 3. The zero-order valence-electron chi connectivity index (χ0n) is 13.7. The van der Waals surface area contributed by atoms with E-state index in [0.717, 1.165) is 25.4 Å². The van der Waals surface area contributed by atoms with Crippen molar-refractivity contribution in [3.63, 3.8) is 0 Å². The van der Waals surface area contributed by atoms with Crippen LogP contribution in [0.2, 0.25) is 0 Å². The van der Waals surface area contributed by atoms with E-state index in [9.17, 15) is 5.26 Å².